The van der Waals surface area contributed by atoms with Gasteiger partial charge in [0, 0.05) is 13.1 Å². The lowest BCUT2D eigenvalue weighted by Crippen LogP contribution is -2.39. The van der Waals surface area contributed by atoms with E-state index in [-0.39, 0.29) is 11.4 Å². The van der Waals surface area contributed by atoms with Crippen molar-refractivity contribution in [2.75, 3.05) is 33.4 Å². The van der Waals surface area contributed by atoms with Crippen molar-refractivity contribution in [2.45, 2.75) is 13.5 Å². The summed E-state index contributed by atoms with van der Waals surface area (Å²) in [6.45, 7) is 5.14. The smallest absolute Gasteiger partial charge is 0.283 e. The number of nitrogens with one attached hydrogen (secondary N) is 1. The number of hydrogen-bond donors (Lipinski definition) is 1. The first-order chi connectivity index (χ1) is 17.0. The van der Waals surface area contributed by atoms with Crippen molar-refractivity contribution in [1.29, 1.82) is 5.41 Å². The Morgan fingerprint density at radius 1 is 1.14 bits per heavy atom. The molecule has 0 unspecified atom stereocenters. The molecule has 35 heavy (non-hydrogen) atoms. The zero-order valence-corrected chi connectivity index (χ0v) is 20.3. The molecule has 5 rings (SSSR count). The second-order valence-electron chi connectivity index (χ2n) is 8.19. The quantitative estimate of drug-likeness (QED) is 0.639. The van der Waals surface area contributed by atoms with E-state index in [1.54, 1.807) is 25.3 Å². The Morgan fingerprint density at radius 3 is 2.74 bits per heavy atom. The van der Waals surface area contributed by atoms with Crippen LogP contribution in [0.5, 0.6) is 11.5 Å². The highest BCUT2D eigenvalue weighted by atomic mass is 32.2. The summed E-state index contributed by atoms with van der Waals surface area (Å²) in [5, 5.41) is 15.7. The molecule has 0 atom stereocenters. The molecular formula is C25H25N5O4S. The number of fused-ring (bicyclic) bond motifs is 1. The fourth-order valence-corrected chi connectivity index (χ4v) is 4.83. The number of thioether (sulfide) groups is 1. The van der Waals surface area contributed by atoms with Crippen molar-refractivity contribution in [3.63, 3.8) is 0 Å². The SMILES string of the molecule is COc1cc(/C=C2/C(=N)N3N=C(N4CCOCC4)SC3=NC2=O)ccc1OCc1cccc(C)c1. The molecule has 3 aliphatic heterocycles. The van der Waals surface area contributed by atoms with E-state index in [1.807, 2.05) is 31.2 Å². The predicted molar refractivity (Wildman–Crippen MR) is 136 cm³/mol. The molecule has 0 aromatic heterocycles. The molecule has 0 spiro atoms. The number of aliphatic imine (C=N–C) groups is 1. The third kappa shape index (κ3) is 4.94. The highest BCUT2D eigenvalue weighted by Crippen LogP contribution is 2.32. The number of hydrazone groups is 1. The molecule has 9 nitrogen and oxygen atoms in total. The molecule has 0 saturated carbocycles. The molecule has 2 aromatic carbocycles. The van der Waals surface area contributed by atoms with Gasteiger partial charge in [-0.25, -0.2) is 0 Å². The molecule has 1 N–H and O–H groups in total. The van der Waals surface area contributed by atoms with Crippen LogP contribution >= 0.6 is 11.8 Å². The fraction of sp³-hybridized carbons (Fsp3) is 0.280. The second kappa shape index (κ2) is 9.93. The number of benzene rings is 2. The standard InChI is InChI=1S/C25H25N5O4S/c1-16-4-3-5-18(12-16)15-34-20-7-6-17(14-21(20)32-2)13-19-22(26)30-24(27-23(19)31)35-25(28-30)29-8-10-33-11-9-29/h3-7,12-14,26H,8-11,15H2,1-2H3/b19-13-,26-22?. The van der Waals surface area contributed by atoms with Gasteiger partial charge in [-0.1, -0.05) is 35.9 Å². The van der Waals surface area contributed by atoms with Crippen LogP contribution in [-0.4, -0.2) is 65.4 Å². The monoisotopic (exact) mass is 491 g/mol. The van der Waals surface area contributed by atoms with Crippen LogP contribution in [0.3, 0.4) is 0 Å². The molecule has 2 aromatic rings. The van der Waals surface area contributed by atoms with Crippen LogP contribution in [0.1, 0.15) is 16.7 Å². The molecule has 3 heterocycles. The van der Waals surface area contributed by atoms with Crippen LogP contribution in [0, 0.1) is 12.3 Å². The summed E-state index contributed by atoms with van der Waals surface area (Å²) in [6.07, 6.45) is 1.63. The van der Waals surface area contributed by atoms with Gasteiger partial charge in [-0.2, -0.15) is 10.0 Å². The first-order valence-corrected chi connectivity index (χ1v) is 12.0. The number of morpholine rings is 1. The van der Waals surface area contributed by atoms with Gasteiger partial charge in [0.15, 0.2) is 22.5 Å². The molecular weight excluding hydrogens is 466 g/mol. The summed E-state index contributed by atoms with van der Waals surface area (Å²) >= 11 is 1.30. The van der Waals surface area contributed by atoms with Crippen molar-refractivity contribution < 1.29 is 19.0 Å². The van der Waals surface area contributed by atoms with E-state index >= 15 is 0 Å². The number of rotatable bonds is 5. The van der Waals surface area contributed by atoms with Gasteiger partial charge in [-0.3, -0.25) is 10.2 Å². The summed E-state index contributed by atoms with van der Waals surface area (Å²) in [4.78, 5) is 19.0. The molecule has 1 fully saturated rings. The van der Waals surface area contributed by atoms with Crippen molar-refractivity contribution in [1.82, 2.24) is 9.91 Å². The number of aryl methyl sites for hydroxylation is 1. The van der Waals surface area contributed by atoms with E-state index in [1.165, 1.54) is 22.3 Å². The molecule has 10 heteroatoms. The van der Waals surface area contributed by atoms with Crippen LogP contribution in [-0.2, 0) is 16.1 Å². The van der Waals surface area contributed by atoms with Gasteiger partial charge < -0.3 is 19.1 Å². The molecule has 0 bridgehead atoms. The summed E-state index contributed by atoms with van der Waals surface area (Å²) in [5.41, 5.74) is 3.09. The number of amidine groups is 3. The number of carbonyl (C=O) groups excluding carboxylic acids is 1. The number of nitrogens with zero attached hydrogens (tertiary/aromatic N) is 4. The van der Waals surface area contributed by atoms with Crippen LogP contribution in [0.25, 0.3) is 6.08 Å². The highest BCUT2D eigenvalue weighted by molar-refractivity contribution is 8.26. The topological polar surface area (TPSA) is 99.8 Å². The number of hydrogen-bond acceptors (Lipinski definition) is 8. The van der Waals surface area contributed by atoms with Gasteiger partial charge in [0.25, 0.3) is 5.91 Å². The zero-order valence-electron chi connectivity index (χ0n) is 19.5. The Bertz CT molecular complexity index is 1270. The minimum absolute atomic E-state index is 0.00509. The van der Waals surface area contributed by atoms with E-state index in [0.717, 1.165) is 23.8 Å². The summed E-state index contributed by atoms with van der Waals surface area (Å²) in [7, 11) is 1.57. The van der Waals surface area contributed by atoms with Crippen LogP contribution in [0.2, 0.25) is 0 Å². The maximum Gasteiger partial charge on any atom is 0.283 e. The van der Waals surface area contributed by atoms with Gasteiger partial charge in [0.1, 0.15) is 6.61 Å². The summed E-state index contributed by atoms with van der Waals surface area (Å²) in [5.74, 6) is 0.660. The van der Waals surface area contributed by atoms with Gasteiger partial charge >= 0.3 is 0 Å². The van der Waals surface area contributed by atoms with Gasteiger partial charge in [0.2, 0.25) is 5.17 Å². The lowest BCUT2D eigenvalue weighted by atomic mass is 10.1. The summed E-state index contributed by atoms with van der Waals surface area (Å²) in [6, 6.07) is 13.5. The number of amides is 1. The molecule has 1 amide bonds. The molecule has 0 aliphatic carbocycles. The molecule has 1 saturated heterocycles. The number of ether oxygens (including phenoxy) is 3. The zero-order chi connectivity index (χ0) is 24.4. The maximum atomic E-state index is 12.8. The molecule has 0 radical (unpaired) electrons. The fourth-order valence-electron chi connectivity index (χ4n) is 3.89. The number of methoxy groups -OCH3 is 1. The van der Waals surface area contributed by atoms with Crippen molar-refractivity contribution in [2.24, 2.45) is 10.1 Å². The van der Waals surface area contributed by atoms with Gasteiger partial charge in [0.05, 0.1) is 25.9 Å². The van der Waals surface area contributed by atoms with Crippen molar-refractivity contribution in [3.05, 3.63) is 64.7 Å². The first-order valence-electron chi connectivity index (χ1n) is 11.2. The molecule has 180 valence electrons. The Morgan fingerprint density at radius 2 is 1.97 bits per heavy atom. The lowest BCUT2D eigenvalue weighted by molar-refractivity contribution is -0.114. The van der Waals surface area contributed by atoms with E-state index in [9.17, 15) is 4.79 Å². The predicted octanol–water partition coefficient (Wildman–Crippen LogP) is 3.49. The van der Waals surface area contributed by atoms with Crippen molar-refractivity contribution in [3.8, 4) is 11.5 Å². The average Bonchev–Trinajstić information content (AvgIpc) is 3.30. The number of carbonyl (C=O) groups is 1. The Hall–Kier alpha value is -3.63. The average molecular weight is 492 g/mol. The Balaban J connectivity index is 1.34. The second-order valence-corrected chi connectivity index (χ2v) is 9.12. The first kappa shape index (κ1) is 23.1. The minimum Gasteiger partial charge on any atom is -0.493 e. The normalized spacial score (nSPS) is 19.0. The van der Waals surface area contributed by atoms with Crippen LogP contribution in [0.4, 0.5) is 0 Å². The Kier molecular flexibility index (Phi) is 6.56. The van der Waals surface area contributed by atoms with Gasteiger partial charge in [-0.05, 0) is 48.0 Å². The Labute approximate surface area is 207 Å². The van der Waals surface area contributed by atoms with Gasteiger partial charge in [-0.15, -0.1) is 5.10 Å². The van der Waals surface area contributed by atoms with Crippen LogP contribution in [0.15, 0.2) is 58.1 Å². The van der Waals surface area contributed by atoms with Crippen molar-refractivity contribution >= 4 is 39.9 Å². The van der Waals surface area contributed by atoms with E-state index < -0.39 is 5.91 Å². The third-order valence-corrected chi connectivity index (χ3v) is 6.67. The maximum absolute atomic E-state index is 12.8. The van der Waals surface area contributed by atoms with E-state index in [2.05, 4.69) is 21.1 Å². The van der Waals surface area contributed by atoms with Crippen LogP contribution < -0.4 is 9.47 Å². The third-order valence-electron chi connectivity index (χ3n) is 5.70. The van der Waals surface area contributed by atoms with E-state index in [4.69, 9.17) is 19.6 Å². The highest BCUT2D eigenvalue weighted by Gasteiger charge is 2.37. The van der Waals surface area contributed by atoms with E-state index in [0.29, 0.717) is 42.1 Å². The summed E-state index contributed by atoms with van der Waals surface area (Å²) < 4.78 is 16.9. The lowest BCUT2D eigenvalue weighted by Gasteiger charge is -2.26. The largest absolute Gasteiger partial charge is 0.493 e. The minimum atomic E-state index is -0.467. The molecule has 3 aliphatic rings.